The molecule has 1 saturated heterocycles. The number of urea groups is 1. The van der Waals surface area contributed by atoms with E-state index in [9.17, 15) is 14.4 Å². The first kappa shape index (κ1) is 20.5. The van der Waals surface area contributed by atoms with Gasteiger partial charge in [-0.15, -0.1) is 11.8 Å². The molecule has 7 heteroatoms. The van der Waals surface area contributed by atoms with Crippen LogP contribution in [0.2, 0.25) is 0 Å². The molecule has 1 aromatic carbocycles. The smallest absolute Gasteiger partial charge is 0.324 e. The molecule has 0 saturated carbocycles. The van der Waals surface area contributed by atoms with Gasteiger partial charge in [0.25, 0.3) is 0 Å². The van der Waals surface area contributed by atoms with Crippen LogP contribution in [-0.2, 0) is 16.0 Å². The van der Waals surface area contributed by atoms with Crippen LogP contribution in [0.5, 0.6) is 0 Å². The van der Waals surface area contributed by atoms with Crippen LogP contribution >= 0.6 is 11.8 Å². The number of amides is 4. The molecule has 2 atom stereocenters. The summed E-state index contributed by atoms with van der Waals surface area (Å²) in [7, 11) is 0. The van der Waals surface area contributed by atoms with Gasteiger partial charge in [0.2, 0.25) is 11.8 Å². The Morgan fingerprint density at radius 3 is 2.75 bits per heavy atom. The zero-order valence-corrected chi connectivity index (χ0v) is 17.4. The molecule has 2 unspecified atom stereocenters. The van der Waals surface area contributed by atoms with Crippen molar-refractivity contribution in [2.75, 3.05) is 18.4 Å². The summed E-state index contributed by atoms with van der Waals surface area (Å²) in [5.41, 5.74) is 2.87. The predicted molar refractivity (Wildman–Crippen MR) is 112 cm³/mol. The van der Waals surface area contributed by atoms with Crippen molar-refractivity contribution in [1.82, 2.24) is 9.80 Å². The molecule has 2 aliphatic heterocycles. The Morgan fingerprint density at radius 2 is 2.04 bits per heavy atom. The van der Waals surface area contributed by atoms with Crippen LogP contribution in [0.4, 0.5) is 10.5 Å². The maximum Gasteiger partial charge on any atom is 0.327 e. The number of carbonyl (C=O) groups is 3. The highest BCUT2D eigenvalue weighted by atomic mass is 32.2. The number of carbonyl (C=O) groups excluding carboxylic acids is 3. The largest absolute Gasteiger partial charge is 0.327 e. The van der Waals surface area contributed by atoms with Gasteiger partial charge in [-0.05, 0) is 36.3 Å². The first-order valence-corrected chi connectivity index (χ1v) is 10.7. The fourth-order valence-electron chi connectivity index (χ4n) is 3.62. The van der Waals surface area contributed by atoms with E-state index in [2.05, 4.69) is 5.32 Å². The fourth-order valence-corrected chi connectivity index (χ4v) is 4.69. The molecule has 0 bridgehead atoms. The first-order chi connectivity index (χ1) is 13.5. The van der Waals surface area contributed by atoms with Crippen molar-refractivity contribution in [3.05, 3.63) is 40.8 Å². The molecule has 1 aromatic rings. The molecule has 0 aromatic heterocycles. The summed E-state index contributed by atoms with van der Waals surface area (Å²) in [6.45, 7) is 6.34. The average Bonchev–Trinajstić information content (AvgIpc) is 3.16. The number of anilines is 1. The van der Waals surface area contributed by atoms with E-state index in [1.165, 1.54) is 21.6 Å². The summed E-state index contributed by atoms with van der Waals surface area (Å²) in [5, 5.41) is 4.48. The second-order valence-electron chi connectivity index (χ2n) is 7.14. The number of aryl methyl sites for hydroxylation is 2. The minimum Gasteiger partial charge on any atom is -0.324 e. The maximum absolute atomic E-state index is 13.0. The van der Waals surface area contributed by atoms with Gasteiger partial charge in [-0.2, -0.15) is 0 Å². The van der Waals surface area contributed by atoms with E-state index >= 15 is 0 Å². The highest BCUT2D eigenvalue weighted by Gasteiger charge is 2.47. The predicted octanol–water partition coefficient (Wildman–Crippen LogP) is 3.56. The number of para-hydroxylation sites is 1. The summed E-state index contributed by atoms with van der Waals surface area (Å²) in [6.07, 6.45) is 4.31. The van der Waals surface area contributed by atoms with Crippen LogP contribution < -0.4 is 5.32 Å². The Bertz CT molecular complexity index is 808. The quantitative estimate of drug-likeness (QED) is 0.758. The minimum absolute atomic E-state index is 0.0711. The monoisotopic (exact) mass is 401 g/mol. The number of imide groups is 1. The molecular weight excluding hydrogens is 374 g/mol. The summed E-state index contributed by atoms with van der Waals surface area (Å²) in [5.74, 6) is -0.395. The Kier molecular flexibility index (Phi) is 6.44. The third-order valence-electron chi connectivity index (χ3n) is 5.21. The maximum atomic E-state index is 13.0. The van der Waals surface area contributed by atoms with E-state index < -0.39 is 0 Å². The lowest BCUT2D eigenvalue weighted by molar-refractivity contribution is -0.132. The molecule has 0 radical (unpaired) electrons. The van der Waals surface area contributed by atoms with Crippen LogP contribution in [0.25, 0.3) is 0 Å². The summed E-state index contributed by atoms with van der Waals surface area (Å²) in [6, 6.07) is 5.18. The van der Waals surface area contributed by atoms with Crippen molar-refractivity contribution in [1.29, 1.82) is 0 Å². The molecule has 2 heterocycles. The number of rotatable bonds is 7. The van der Waals surface area contributed by atoms with Crippen molar-refractivity contribution in [3.8, 4) is 0 Å². The third kappa shape index (κ3) is 3.94. The molecule has 4 amide bonds. The Labute approximate surface area is 170 Å². The van der Waals surface area contributed by atoms with Crippen LogP contribution in [0, 0.1) is 6.92 Å². The highest BCUT2D eigenvalue weighted by molar-refractivity contribution is 8.03. The van der Waals surface area contributed by atoms with E-state index in [-0.39, 0.29) is 35.7 Å². The number of hydrogen-bond acceptors (Lipinski definition) is 4. The molecule has 28 heavy (non-hydrogen) atoms. The molecule has 150 valence electrons. The number of hydrogen-bond donors (Lipinski definition) is 1. The molecule has 3 rings (SSSR count). The number of benzene rings is 1. The number of unbranched alkanes of at least 4 members (excludes halogenated alkanes) is 1. The molecule has 1 fully saturated rings. The van der Waals surface area contributed by atoms with Gasteiger partial charge >= 0.3 is 6.03 Å². The van der Waals surface area contributed by atoms with Crippen molar-refractivity contribution >= 4 is 35.3 Å². The van der Waals surface area contributed by atoms with Gasteiger partial charge in [0.1, 0.15) is 11.8 Å². The minimum atomic E-state index is -0.373. The van der Waals surface area contributed by atoms with Gasteiger partial charge in [0.15, 0.2) is 0 Å². The van der Waals surface area contributed by atoms with Gasteiger partial charge in [0.05, 0.1) is 6.04 Å². The standard InChI is InChI=1S/C21H27N3O3S/c1-4-6-11-23-20(26)19-16(10-12-28-19)24(21(23)27)13-17(25)22-18-14(3)8-7-9-15(18)5-2/h7-10,12,16,19H,4-6,11,13H2,1-3H3,(H,22,25). The van der Waals surface area contributed by atoms with E-state index in [1.807, 2.05) is 50.5 Å². The number of thioether (sulfide) groups is 1. The van der Waals surface area contributed by atoms with Crippen LogP contribution in [-0.4, -0.2) is 52.0 Å². The third-order valence-corrected chi connectivity index (χ3v) is 6.30. The van der Waals surface area contributed by atoms with Gasteiger partial charge in [-0.3, -0.25) is 14.5 Å². The lowest BCUT2D eigenvalue weighted by Crippen LogP contribution is -2.63. The van der Waals surface area contributed by atoms with Crippen molar-refractivity contribution in [2.45, 2.75) is 51.3 Å². The van der Waals surface area contributed by atoms with Gasteiger partial charge in [-0.25, -0.2) is 4.79 Å². The van der Waals surface area contributed by atoms with Crippen LogP contribution in [0.3, 0.4) is 0 Å². The van der Waals surface area contributed by atoms with Gasteiger partial charge in [0, 0.05) is 12.2 Å². The van der Waals surface area contributed by atoms with Crippen molar-refractivity contribution in [3.63, 3.8) is 0 Å². The zero-order valence-electron chi connectivity index (χ0n) is 16.6. The van der Waals surface area contributed by atoms with Crippen molar-refractivity contribution < 1.29 is 14.4 Å². The second kappa shape index (κ2) is 8.82. The first-order valence-electron chi connectivity index (χ1n) is 9.80. The number of nitrogens with one attached hydrogen (secondary N) is 1. The molecule has 1 N–H and O–H groups in total. The average molecular weight is 402 g/mol. The van der Waals surface area contributed by atoms with Crippen molar-refractivity contribution in [2.24, 2.45) is 0 Å². The molecule has 0 spiro atoms. The molecule has 0 aliphatic carbocycles. The lowest BCUT2D eigenvalue weighted by atomic mass is 10.1. The van der Waals surface area contributed by atoms with E-state index in [0.29, 0.717) is 6.54 Å². The fraction of sp³-hybridized carbons (Fsp3) is 0.476. The molecule has 2 aliphatic rings. The van der Waals surface area contributed by atoms with Gasteiger partial charge in [-0.1, -0.05) is 44.5 Å². The normalized spacial score (nSPS) is 21.2. The topological polar surface area (TPSA) is 69.7 Å². The zero-order chi connectivity index (χ0) is 20.3. The van der Waals surface area contributed by atoms with E-state index in [0.717, 1.165) is 36.1 Å². The summed E-state index contributed by atoms with van der Waals surface area (Å²) >= 11 is 1.42. The highest BCUT2D eigenvalue weighted by Crippen LogP contribution is 2.34. The van der Waals surface area contributed by atoms with Gasteiger partial charge < -0.3 is 10.2 Å². The van der Waals surface area contributed by atoms with Crippen LogP contribution in [0.15, 0.2) is 29.7 Å². The van der Waals surface area contributed by atoms with E-state index in [1.54, 1.807) is 0 Å². The number of nitrogens with zero attached hydrogens (tertiary/aromatic N) is 2. The SMILES string of the molecule is CCCCN1C(=O)C2SC=CC2N(CC(=O)Nc2c(C)cccc2CC)C1=O. The Balaban J connectivity index is 1.78. The van der Waals surface area contributed by atoms with Crippen LogP contribution in [0.1, 0.15) is 37.8 Å². The number of fused-ring (bicyclic) bond motifs is 1. The molecule has 6 nitrogen and oxygen atoms in total. The Morgan fingerprint density at radius 1 is 1.25 bits per heavy atom. The second-order valence-corrected chi connectivity index (χ2v) is 8.19. The van der Waals surface area contributed by atoms with E-state index in [4.69, 9.17) is 0 Å². The molecular formula is C21H27N3O3S. The summed E-state index contributed by atoms with van der Waals surface area (Å²) in [4.78, 5) is 41.3. The summed E-state index contributed by atoms with van der Waals surface area (Å²) < 4.78 is 0. The Hall–Kier alpha value is -2.28. The lowest BCUT2D eigenvalue weighted by Gasteiger charge is -2.41.